The van der Waals surface area contributed by atoms with Crippen LogP contribution in [-0.2, 0) is 11.3 Å². The van der Waals surface area contributed by atoms with Crippen LogP contribution in [0.25, 0.3) is 11.3 Å². The fourth-order valence-corrected chi connectivity index (χ4v) is 3.67. The third-order valence-corrected chi connectivity index (χ3v) is 5.30. The molecular weight excluding hydrogens is 402 g/mol. The van der Waals surface area contributed by atoms with Gasteiger partial charge in [0.2, 0.25) is 5.91 Å². The van der Waals surface area contributed by atoms with Crippen LogP contribution in [0.2, 0.25) is 0 Å². The maximum atomic E-state index is 12.3. The lowest BCUT2D eigenvalue weighted by Crippen LogP contribution is -2.24. The number of hydrogen-bond donors (Lipinski definition) is 2. The number of fused-ring (bicyclic) bond motifs is 1. The molecule has 2 N–H and O–H groups in total. The van der Waals surface area contributed by atoms with Gasteiger partial charge in [-0.1, -0.05) is 48.2 Å². The Morgan fingerprint density at radius 1 is 1.07 bits per heavy atom. The number of hydrogen-bond acceptors (Lipinski definition) is 6. The van der Waals surface area contributed by atoms with Gasteiger partial charge in [-0.25, -0.2) is 4.98 Å². The number of carbonyl (C=O) groups excluding carboxylic acids is 1. The zero-order valence-electron chi connectivity index (χ0n) is 16.2. The number of rotatable bonds is 6. The molecule has 1 aliphatic heterocycles. The molecule has 2 aromatic carbocycles. The van der Waals surface area contributed by atoms with E-state index in [4.69, 9.17) is 9.47 Å². The molecule has 0 unspecified atom stereocenters. The van der Waals surface area contributed by atoms with E-state index >= 15 is 0 Å². The van der Waals surface area contributed by atoms with Crippen LogP contribution in [0, 0.1) is 0 Å². The minimum absolute atomic E-state index is 0.145. The molecule has 0 saturated carbocycles. The van der Waals surface area contributed by atoms with Crippen molar-refractivity contribution in [2.45, 2.75) is 18.1 Å². The Kier molecular flexibility index (Phi) is 6.34. The highest BCUT2D eigenvalue weighted by atomic mass is 32.2. The second-order valence-corrected chi connectivity index (χ2v) is 7.66. The topological polar surface area (TPSA) is 93.3 Å². The molecule has 0 spiro atoms. The number of amides is 1. The summed E-state index contributed by atoms with van der Waals surface area (Å²) in [5, 5.41) is 3.29. The van der Waals surface area contributed by atoms with Crippen molar-refractivity contribution in [1.82, 2.24) is 15.3 Å². The SMILES string of the molecule is O=C(CSc1nc(-c2ccccc2)cc(=O)[nH]1)NCc1ccc2c(c1)OCCCO2. The average molecular weight is 423 g/mol. The molecule has 154 valence electrons. The summed E-state index contributed by atoms with van der Waals surface area (Å²) in [7, 11) is 0. The van der Waals surface area contributed by atoms with Gasteiger partial charge < -0.3 is 19.8 Å². The molecule has 0 atom stereocenters. The molecule has 0 radical (unpaired) electrons. The summed E-state index contributed by atoms with van der Waals surface area (Å²) in [4.78, 5) is 31.3. The summed E-state index contributed by atoms with van der Waals surface area (Å²) in [6.07, 6.45) is 0.847. The summed E-state index contributed by atoms with van der Waals surface area (Å²) in [5.41, 5.74) is 2.10. The van der Waals surface area contributed by atoms with E-state index in [1.165, 1.54) is 17.8 Å². The van der Waals surface area contributed by atoms with Crippen molar-refractivity contribution in [2.24, 2.45) is 0 Å². The van der Waals surface area contributed by atoms with Crippen molar-refractivity contribution >= 4 is 17.7 Å². The fourth-order valence-electron chi connectivity index (χ4n) is 2.96. The lowest BCUT2D eigenvalue weighted by molar-refractivity contribution is -0.118. The van der Waals surface area contributed by atoms with Crippen molar-refractivity contribution < 1.29 is 14.3 Å². The molecule has 0 aliphatic carbocycles. The van der Waals surface area contributed by atoms with Gasteiger partial charge in [0.25, 0.3) is 5.56 Å². The van der Waals surface area contributed by atoms with Gasteiger partial charge in [0.15, 0.2) is 16.7 Å². The largest absolute Gasteiger partial charge is 0.490 e. The highest BCUT2D eigenvalue weighted by molar-refractivity contribution is 7.99. The molecule has 30 heavy (non-hydrogen) atoms. The standard InChI is InChI=1S/C22H21N3O4S/c26-20-12-17(16-5-2-1-3-6-16)24-22(25-20)30-14-21(27)23-13-15-7-8-18-19(11-15)29-10-4-9-28-18/h1-3,5-8,11-12H,4,9-10,13-14H2,(H,23,27)(H,24,25,26). The number of thioether (sulfide) groups is 1. The van der Waals surface area contributed by atoms with Crippen LogP contribution in [0.5, 0.6) is 11.5 Å². The number of benzene rings is 2. The zero-order chi connectivity index (χ0) is 20.8. The van der Waals surface area contributed by atoms with Gasteiger partial charge in [-0.3, -0.25) is 9.59 Å². The van der Waals surface area contributed by atoms with Crippen LogP contribution in [-0.4, -0.2) is 34.8 Å². The summed E-state index contributed by atoms with van der Waals surface area (Å²) in [6.45, 7) is 1.64. The lowest BCUT2D eigenvalue weighted by Gasteiger charge is -2.10. The lowest BCUT2D eigenvalue weighted by atomic mass is 10.1. The molecule has 1 amide bonds. The first kappa shape index (κ1) is 20.0. The number of carbonyl (C=O) groups is 1. The first-order valence-electron chi connectivity index (χ1n) is 9.62. The normalized spacial score (nSPS) is 12.8. The molecule has 0 saturated heterocycles. The van der Waals surface area contributed by atoms with E-state index in [0.29, 0.717) is 36.4 Å². The van der Waals surface area contributed by atoms with E-state index in [0.717, 1.165) is 23.3 Å². The van der Waals surface area contributed by atoms with Gasteiger partial charge >= 0.3 is 0 Å². The summed E-state index contributed by atoms with van der Waals surface area (Å²) in [6, 6.07) is 16.6. The number of nitrogens with one attached hydrogen (secondary N) is 2. The average Bonchev–Trinajstić information content (AvgIpc) is 3.01. The third-order valence-electron chi connectivity index (χ3n) is 4.43. The second-order valence-electron chi connectivity index (χ2n) is 6.70. The van der Waals surface area contributed by atoms with Crippen molar-refractivity contribution in [1.29, 1.82) is 0 Å². The van der Waals surface area contributed by atoms with E-state index in [1.807, 2.05) is 48.5 Å². The zero-order valence-corrected chi connectivity index (χ0v) is 17.0. The van der Waals surface area contributed by atoms with Gasteiger partial charge in [-0.05, 0) is 17.7 Å². The Morgan fingerprint density at radius 2 is 1.87 bits per heavy atom. The summed E-state index contributed by atoms with van der Waals surface area (Å²) < 4.78 is 11.3. The number of H-pyrrole nitrogens is 1. The van der Waals surface area contributed by atoms with Crippen LogP contribution < -0.4 is 20.3 Å². The highest BCUT2D eigenvalue weighted by Crippen LogP contribution is 2.30. The van der Waals surface area contributed by atoms with Crippen molar-refractivity contribution in [3.8, 4) is 22.8 Å². The van der Waals surface area contributed by atoms with Gasteiger partial charge in [0.1, 0.15) is 0 Å². The Bertz CT molecular complexity index is 1090. The highest BCUT2D eigenvalue weighted by Gasteiger charge is 2.12. The molecule has 1 aliphatic rings. The van der Waals surface area contributed by atoms with Crippen molar-refractivity contribution in [3.05, 3.63) is 70.5 Å². The Morgan fingerprint density at radius 3 is 2.70 bits per heavy atom. The van der Waals surface area contributed by atoms with Crippen LogP contribution in [0.4, 0.5) is 0 Å². The number of aromatic amines is 1. The van der Waals surface area contributed by atoms with E-state index in [-0.39, 0.29) is 17.2 Å². The monoisotopic (exact) mass is 423 g/mol. The van der Waals surface area contributed by atoms with E-state index in [2.05, 4.69) is 15.3 Å². The molecular formula is C22H21N3O4S. The van der Waals surface area contributed by atoms with Crippen LogP contribution in [0.15, 0.2) is 64.5 Å². The Balaban J connectivity index is 1.34. The van der Waals surface area contributed by atoms with Gasteiger partial charge in [0.05, 0.1) is 24.7 Å². The van der Waals surface area contributed by atoms with E-state index in [9.17, 15) is 9.59 Å². The molecule has 0 fully saturated rings. The van der Waals surface area contributed by atoms with Gasteiger partial charge in [-0.15, -0.1) is 0 Å². The number of ether oxygens (including phenoxy) is 2. The quantitative estimate of drug-likeness (QED) is 0.468. The first-order chi connectivity index (χ1) is 14.7. The number of aromatic nitrogens is 2. The van der Waals surface area contributed by atoms with Crippen LogP contribution in [0.3, 0.4) is 0 Å². The van der Waals surface area contributed by atoms with Gasteiger partial charge in [-0.2, -0.15) is 0 Å². The second kappa shape index (κ2) is 9.49. The van der Waals surface area contributed by atoms with Gasteiger partial charge in [0, 0.05) is 24.6 Å². The Labute approximate surface area is 177 Å². The van der Waals surface area contributed by atoms with Crippen molar-refractivity contribution in [2.75, 3.05) is 19.0 Å². The maximum absolute atomic E-state index is 12.3. The minimum Gasteiger partial charge on any atom is -0.490 e. The predicted molar refractivity (Wildman–Crippen MR) is 115 cm³/mol. The summed E-state index contributed by atoms with van der Waals surface area (Å²) in [5.74, 6) is 1.42. The molecule has 2 heterocycles. The van der Waals surface area contributed by atoms with Crippen LogP contribution in [0.1, 0.15) is 12.0 Å². The number of nitrogens with zero attached hydrogens (tertiary/aromatic N) is 1. The van der Waals surface area contributed by atoms with Crippen molar-refractivity contribution in [3.63, 3.8) is 0 Å². The summed E-state index contributed by atoms with van der Waals surface area (Å²) >= 11 is 1.19. The van der Waals surface area contributed by atoms with E-state index < -0.39 is 0 Å². The molecule has 0 bridgehead atoms. The molecule has 1 aromatic heterocycles. The minimum atomic E-state index is -0.251. The maximum Gasteiger partial charge on any atom is 0.252 e. The fraction of sp³-hybridized carbons (Fsp3) is 0.227. The molecule has 8 heteroatoms. The molecule has 4 rings (SSSR count). The van der Waals surface area contributed by atoms with E-state index in [1.54, 1.807) is 0 Å². The third kappa shape index (κ3) is 5.21. The first-order valence-corrected chi connectivity index (χ1v) is 10.6. The molecule has 7 nitrogen and oxygen atoms in total. The predicted octanol–water partition coefficient (Wildman–Crippen LogP) is 3.01. The molecule has 3 aromatic rings. The van der Waals surface area contributed by atoms with Crippen LogP contribution >= 0.6 is 11.8 Å². The Hall–Kier alpha value is -3.26. The smallest absolute Gasteiger partial charge is 0.252 e.